The fourth-order valence-electron chi connectivity index (χ4n) is 1.51. The van der Waals surface area contributed by atoms with Gasteiger partial charge in [0.2, 0.25) is 0 Å². The van der Waals surface area contributed by atoms with E-state index >= 15 is 0 Å². The lowest BCUT2D eigenvalue weighted by Gasteiger charge is -2.10. The molecule has 0 aliphatic carbocycles. The number of halogens is 2. The van der Waals surface area contributed by atoms with Crippen LogP contribution in [0.1, 0.15) is 17.2 Å². The lowest BCUT2D eigenvalue weighted by Crippen LogP contribution is -2.11. The zero-order valence-electron chi connectivity index (χ0n) is 9.08. The largest absolute Gasteiger partial charge is 0.320 e. The summed E-state index contributed by atoms with van der Waals surface area (Å²) in [7, 11) is 0. The molecule has 0 saturated carbocycles. The van der Waals surface area contributed by atoms with E-state index in [1.807, 2.05) is 16.8 Å². The zero-order chi connectivity index (χ0) is 12.4. The van der Waals surface area contributed by atoms with Gasteiger partial charge >= 0.3 is 0 Å². The SMILES string of the molecule is Cl.N[C@H](c1ccsc1)c1ccc(Cl)c([N+](=O)[O-])c1. The van der Waals surface area contributed by atoms with Crippen LogP contribution in [0.25, 0.3) is 0 Å². The van der Waals surface area contributed by atoms with Gasteiger partial charge in [-0.05, 0) is 34.0 Å². The first-order valence-electron chi connectivity index (χ1n) is 4.81. The number of hydrogen-bond donors (Lipinski definition) is 1. The molecular formula is C11H10Cl2N2O2S. The first-order chi connectivity index (χ1) is 8.09. The van der Waals surface area contributed by atoms with Crippen molar-refractivity contribution in [1.29, 1.82) is 0 Å². The van der Waals surface area contributed by atoms with Crippen molar-refractivity contribution >= 4 is 41.0 Å². The molecule has 0 unspecified atom stereocenters. The Morgan fingerprint density at radius 1 is 1.33 bits per heavy atom. The van der Waals surface area contributed by atoms with Crippen LogP contribution in [0.2, 0.25) is 5.02 Å². The summed E-state index contributed by atoms with van der Waals surface area (Å²) in [6.45, 7) is 0. The van der Waals surface area contributed by atoms with Crippen LogP contribution in [0.15, 0.2) is 35.0 Å². The molecule has 1 heterocycles. The number of benzene rings is 1. The normalized spacial score (nSPS) is 11.7. The highest BCUT2D eigenvalue weighted by Crippen LogP contribution is 2.29. The van der Waals surface area contributed by atoms with Gasteiger partial charge in [0.05, 0.1) is 11.0 Å². The molecule has 0 aliphatic rings. The van der Waals surface area contributed by atoms with Crippen LogP contribution in [0, 0.1) is 10.1 Å². The molecule has 2 rings (SSSR count). The van der Waals surface area contributed by atoms with Crippen molar-refractivity contribution in [3.8, 4) is 0 Å². The third-order valence-corrected chi connectivity index (χ3v) is 3.45. The second-order valence-corrected chi connectivity index (χ2v) is 4.69. The Morgan fingerprint density at radius 2 is 2.06 bits per heavy atom. The van der Waals surface area contributed by atoms with Gasteiger partial charge in [0, 0.05) is 6.07 Å². The molecule has 0 spiro atoms. The van der Waals surface area contributed by atoms with Gasteiger partial charge in [-0.2, -0.15) is 11.3 Å². The average Bonchev–Trinajstić information content (AvgIpc) is 2.81. The predicted molar refractivity (Wildman–Crippen MR) is 75.7 cm³/mol. The molecule has 0 radical (unpaired) electrons. The van der Waals surface area contributed by atoms with E-state index in [-0.39, 0.29) is 29.2 Å². The Kier molecular flexibility index (Phi) is 5.10. The molecule has 0 bridgehead atoms. The third kappa shape index (κ3) is 3.00. The van der Waals surface area contributed by atoms with Crippen molar-refractivity contribution in [2.75, 3.05) is 0 Å². The summed E-state index contributed by atoms with van der Waals surface area (Å²) in [5.41, 5.74) is 7.52. The van der Waals surface area contributed by atoms with E-state index in [1.54, 1.807) is 6.07 Å². The second-order valence-electron chi connectivity index (χ2n) is 3.50. The molecule has 2 N–H and O–H groups in total. The molecule has 4 nitrogen and oxygen atoms in total. The third-order valence-electron chi connectivity index (χ3n) is 2.43. The van der Waals surface area contributed by atoms with Gasteiger partial charge in [-0.15, -0.1) is 12.4 Å². The monoisotopic (exact) mass is 304 g/mol. The molecule has 7 heteroatoms. The number of nitrogens with two attached hydrogens (primary N) is 1. The predicted octanol–water partition coefficient (Wildman–Crippen LogP) is 3.78. The van der Waals surface area contributed by atoms with Crippen LogP contribution >= 0.6 is 35.3 Å². The minimum atomic E-state index is -0.508. The maximum atomic E-state index is 10.8. The Morgan fingerprint density at radius 3 is 2.61 bits per heavy atom. The number of rotatable bonds is 3. The summed E-state index contributed by atoms with van der Waals surface area (Å²) >= 11 is 7.28. The Balaban J connectivity index is 0.00000162. The Hall–Kier alpha value is -1.14. The molecule has 1 atom stereocenters. The molecule has 1 aromatic carbocycles. The summed E-state index contributed by atoms with van der Waals surface area (Å²) in [4.78, 5) is 10.3. The number of thiophene rings is 1. The second kappa shape index (κ2) is 6.15. The summed E-state index contributed by atoms with van der Waals surface area (Å²) in [6, 6.07) is 6.16. The molecule has 0 aliphatic heterocycles. The van der Waals surface area contributed by atoms with E-state index < -0.39 is 4.92 Å². The standard InChI is InChI=1S/C11H9ClN2O2S.ClH/c12-9-2-1-7(5-10(9)14(15)16)11(13)8-3-4-17-6-8;/h1-6,11H,13H2;1H/t11-;/m0./s1. The molecule has 0 fully saturated rings. The lowest BCUT2D eigenvalue weighted by atomic mass is 10.0. The molecule has 96 valence electrons. The van der Waals surface area contributed by atoms with E-state index in [2.05, 4.69) is 0 Å². The molecule has 0 saturated heterocycles. The molecular weight excluding hydrogens is 295 g/mol. The van der Waals surface area contributed by atoms with Crippen molar-refractivity contribution in [1.82, 2.24) is 0 Å². The van der Waals surface area contributed by atoms with Gasteiger partial charge in [0.1, 0.15) is 5.02 Å². The van der Waals surface area contributed by atoms with Crippen molar-refractivity contribution < 1.29 is 4.92 Å². The van der Waals surface area contributed by atoms with Gasteiger partial charge in [0.25, 0.3) is 5.69 Å². The van der Waals surface area contributed by atoms with Crippen molar-refractivity contribution in [3.63, 3.8) is 0 Å². The molecule has 0 amide bonds. The minimum Gasteiger partial charge on any atom is -0.320 e. The van der Waals surface area contributed by atoms with Gasteiger partial charge in [-0.3, -0.25) is 10.1 Å². The molecule has 1 aromatic heterocycles. The summed E-state index contributed by atoms with van der Waals surface area (Å²) in [5, 5.41) is 14.7. The van der Waals surface area contributed by atoms with Crippen LogP contribution in [-0.2, 0) is 0 Å². The van der Waals surface area contributed by atoms with Gasteiger partial charge in [0.15, 0.2) is 0 Å². The highest BCUT2D eigenvalue weighted by Gasteiger charge is 2.17. The zero-order valence-corrected chi connectivity index (χ0v) is 11.5. The van der Waals surface area contributed by atoms with Gasteiger partial charge in [-0.25, -0.2) is 0 Å². The fourth-order valence-corrected chi connectivity index (χ4v) is 2.39. The topological polar surface area (TPSA) is 69.2 Å². The van der Waals surface area contributed by atoms with E-state index in [1.165, 1.54) is 23.5 Å². The van der Waals surface area contributed by atoms with E-state index in [9.17, 15) is 10.1 Å². The summed E-state index contributed by atoms with van der Waals surface area (Å²) in [6.07, 6.45) is 0. The van der Waals surface area contributed by atoms with E-state index in [0.717, 1.165) is 5.56 Å². The van der Waals surface area contributed by atoms with Crippen LogP contribution in [0.4, 0.5) is 5.69 Å². The van der Waals surface area contributed by atoms with Crippen LogP contribution < -0.4 is 5.73 Å². The highest BCUT2D eigenvalue weighted by atomic mass is 35.5. The Bertz CT molecular complexity index is 546. The van der Waals surface area contributed by atoms with Crippen LogP contribution in [0.5, 0.6) is 0 Å². The number of nitrogens with zero attached hydrogens (tertiary/aromatic N) is 1. The van der Waals surface area contributed by atoms with Crippen molar-refractivity contribution in [2.45, 2.75) is 6.04 Å². The summed E-state index contributed by atoms with van der Waals surface area (Å²) < 4.78 is 0. The van der Waals surface area contributed by atoms with Crippen LogP contribution in [-0.4, -0.2) is 4.92 Å². The van der Waals surface area contributed by atoms with E-state index in [0.29, 0.717) is 5.56 Å². The number of nitro benzene ring substituents is 1. The Labute approximate surface area is 119 Å². The first-order valence-corrected chi connectivity index (χ1v) is 6.13. The lowest BCUT2D eigenvalue weighted by molar-refractivity contribution is -0.384. The quantitative estimate of drug-likeness (QED) is 0.693. The van der Waals surface area contributed by atoms with Crippen molar-refractivity contribution in [2.24, 2.45) is 5.73 Å². The summed E-state index contributed by atoms with van der Waals surface area (Å²) in [5.74, 6) is 0. The minimum absolute atomic E-state index is 0. The number of nitro groups is 1. The van der Waals surface area contributed by atoms with Crippen LogP contribution in [0.3, 0.4) is 0 Å². The first kappa shape index (κ1) is 14.9. The average molecular weight is 305 g/mol. The maximum absolute atomic E-state index is 10.8. The smallest absolute Gasteiger partial charge is 0.288 e. The maximum Gasteiger partial charge on any atom is 0.288 e. The van der Waals surface area contributed by atoms with E-state index in [4.69, 9.17) is 17.3 Å². The molecule has 2 aromatic rings. The van der Waals surface area contributed by atoms with Gasteiger partial charge < -0.3 is 5.73 Å². The van der Waals surface area contributed by atoms with Crippen molar-refractivity contribution in [3.05, 3.63) is 61.3 Å². The fraction of sp³-hybridized carbons (Fsp3) is 0.0909. The molecule has 18 heavy (non-hydrogen) atoms. The highest BCUT2D eigenvalue weighted by molar-refractivity contribution is 7.08. The number of hydrogen-bond acceptors (Lipinski definition) is 4. The van der Waals surface area contributed by atoms with Gasteiger partial charge in [-0.1, -0.05) is 17.7 Å².